The van der Waals surface area contributed by atoms with E-state index in [9.17, 15) is 18.8 Å². The summed E-state index contributed by atoms with van der Waals surface area (Å²) in [5, 5.41) is 0.545. The van der Waals surface area contributed by atoms with Crippen LogP contribution in [0.3, 0.4) is 0 Å². The van der Waals surface area contributed by atoms with Crippen molar-refractivity contribution in [3.05, 3.63) is 64.4 Å². The summed E-state index contributed by atoms with van der Waals surface area (Å²) in [5.41, 5.74) is -1.05. The fourth-order valence-corrected chi connectivity index (χ4v) is 4.72. The molecule has 2 aromatic carbocycles. The van der Waals surface area contributed by atoms with Gasteiger partial charge in [-0.25, -0.2) is 9.18 Å². The molecule has 0 N–H and O–H groups in total. The van der Waals surface area contributed by atoms with Crippen LogP contribution in [-0.2, 0) is 20.9 Å². The molecule has 2 aliphatic heterocycles. The Morgan fingerprint density at radius 3 is 2.50 bits per heavy atom. The summed E-state index contributed by atoms with van der Waals surface area (Å²) in [6.07, 6.45) is 4.97. The smallest absolute Gasteiger partial charge is 0.410 e. The van der Waals surface area contributed by atoms with Crippen LogP contribution in [0.2, 0.25) is 5.02 Å². The molecule has 2 saturated heterocycles. The Bertz CT molecular complexity index is 1250. The van der Waals surface area contributed by atoms with Gasteiger partial charge >= 0.3 is 6.09 Å². The van der Waals surface area contributed by atoms with Gasteiger partial charge in [-0.1, -0.05) is 29.7 Å². The van der Waals surface area contributed by atoms with Crippen molar-refractivity contribution in [1.29, 1.82) is 0 Å². The number of rotatable bonds is 3. The van der Waals surface area contributed by atoms with E-state index >= 15 is 0 Å². The Morgan fingerprint density at radius 1 is 1.19 bits per heavy atom. The first-order valence-electron chi connectivity index (χ1n) is 11.5. The number of likely N-dealkylation sites (tertiary alicyclic amines) is 1. The predicted molar refractivity (Wildman–Crippen MR) is 134 cm³/mol. The summed E-state index contributed by atoms with van der Waals surface area (Å²) < 4.78 is 20.5. The van der Waals surface area contributed by atoms with Crippen LogP contribution in [-0.4, -0.2) is 58.5 Å². The zero-order valence-corrected chi connectivity index (χ0v) is 21.1. The van der Waals surface area contributed by atoms with Crippen LogP contribution in [0, 0.1) is 18.2 Å². The first-order valence-corrected chi connectivity index (χ1v) is 11.9. The van der Waals surface area contributed by atoms with Gasteiger partial charge in [0.1, 0.15) is 23.5 Å². The van der Waals surface area contributed by atoms with Gasteiger partial charge in [0.25, 0.3) is 5.91 Å². The van der Waals surface area contributed by atoms with Crippen molar-refractivity contribution in [2.45, 2.75) is 44.9 Å². The molecule has 36 heavy (non-hydrogen) atoms. The van der Waals surface area contributed by atoms with Crippen LogP contribution in [0.5, 0.6) is 0 Å². The van der Waals surface area contributed by atoms with Gasteiger partial charge in [-0.3, -0.25) is 14.5 Å². The quantitative estimate of drug-likeness (QED) is 0.579. The van der Waals surface area contributed by atoms with Gasteiger partial charge in [-0.2, -0.15) is 0 Å². The molecular weight excluding hydrogens is 485 g/mol. The normalized spacial score (nSPS) is 20.2. The Hall–Kier alpha value is -3.57. The van der Waals surface area contributed by atoms with Crippen molar-refractivity contribution in [1.82, 2.24) is 9.80 Å². The minimum absolute atomic E-state index is 0.0337. The number of carbonyl (C=O) groups excluding carboxylic acids is 3. The lowest BCUT2D eigenvalue weighted by atomic mass is 9.90. The molecule has 2 aromatic rings. The predicted octanol–water partition coefficient (Wildman–Crippen LogP) is 4.22. The summed E-state index contributed by atoms with van der Waals surface area (Å²) in [7, 11) is 0. The topological polar surface area (TPSA) is 70.2 Å². The van der Waals surface area contributed by atoms with Gasteiger partial charge in [0.05, 0.1) is 12.2 Å². The summed E-state index contributed by atoms with van der Waals surface area (Å²) >= 11 is 6.01. The molecule has 4 rings (SSSR count). The highest BCUT2D eigenvalue weighted by atomic mass is 35.5. The average Bonchev–Trinajstić information content (AvgIpc) is 3.26. The fraction of sp³-hybridized carbons (Fsp3) is 0.370. The maximum absolute atomic E-state index is 15.0. The second kappa shape index (κ2) is 9.47. The lowest BCUT2D eigenvalue weighted by Crippen LogP contribution is -2.69. The summed E-state index contributed by atoms with van der Waals surface area (Å²) in [5.74, 6) is 0.828. The number of terminal acetylenes is 1. The van der Waals surface area contributed by atoms with Gasteiger partial charge in [0, 0.05) is 23.7 Å². The first kappa shape index (κ1) is 25.5. The molecule has 1 spiro atoms. The SMILES string of the molecule is C#Cc1ccc(N2CC(=O)N(Cc3ccc(Cl)cc3)C3(CCN(C(=O)OC(C)(C)C)C3)C2=O)c(F)c1. The highest BCUT2D eigenvalue weighted by molar-refractivity contribution is 6.30. The van der Waals surface area contributed by atoms with Crippen molar-refractivity contribution < 1.29 is 23.5 Å². The second-order valence-corrected chi connectivity index (χ2v) is 10.4. The van der Waals surface area contributed by atoms with E-state index in [1.807, 2.05) is 0 Å². The number of hydrogen-bond acceptors (Lipinski definition) is 4. The largest absolute Gasteiger partial charge is 0.444 e. The molecule has 1 atom stereocenters. The standard InChI is InChI=1S/C27H27ClFN3O4/c1-5-18-8-11-22(21(29)14-18)31-16-23(33)32(15-19-6-9-20(28)10-7-19)27(24(31)34)12-13-30(17-27)25(35)36-26(2,3)4/h1,6-11,14H,12-13,15-17H2,2-4H3. The third kappa shape index (κ3) is 4.89. The number of anilines is 1. The number of carbonyl (C=O) groups is 3. The van der Waals surface area contributed by atoms with Gasteiger partial charge < -0.3 is 14.5 Å². The number of nitrogens with zero attached hydrogens (tertiary/aromatic N) is 3. The van der Waals surface area contributed by atoms with Crippen LogP contribution in [0.15, 0.2) is 42.5 Å². The van der Waals surface area contributed by atoms with E-state index in [1.165, 1.54) is 21.9 Å². The van der Waals surface area contributed by atoms with Gasteiger partial charge in [-0.05, 0) is 63.1 Å². The van der Waals surface area contributed by atoms with E-state index in [0.29, 0.717) is 10.6 Å². The van der Waals surface area contributed by atoms with Crippen molar-refractivity contribution in [2.24, 2.45) is 0 Å². The summed E-state index contributed by atoms with van der Waals surface area (Å²) in [4.78, 5) is 44.4. The number of piperazine rings is 1. The Labute approximate surface area is 214 Å². The fourth-order valence-electron chi connectivity index (χ4n) is 4.59. The number of amides is 3. The Morgan fingerprint density at radius 2 is 1.89 bits per heavy atom. The van der Waals surface area contributed by atoms with E-state index < -0.39 is 29.0 Å². The second-order valence-electron chi connectivity index (χ2n) is 9.99. The summed E-state index contributed by atoms with van der Waals surface area (Å²) in [6, 6.07) is 11.0. The van der Waals surface area contributed by atoms with Gasteiger partial charge in [0.2, 0.25) is 5.91 Å². The van der Waals surface area contributed by atoms with Crippen LogP contribution in [0.4, 0.5) is 14.9 Å². The van der Waals surface area contributed by atoms with E-state index in [0.717, 1.165) is 16.5 Å². The maximum Gasteiger partial charge on any atom is 0.410 e. The number of benzene rings is 2. The lowest BCUT2D eigenvalue weighted by Gasteiger charge is -2.47. The number of ether oxygens (including phenoxy) is 1. The Balaban J connectivity index is 1.72. The van der Waals surface area contributed by atoms with Crippen molar-refractivity contribution >= 4 is 35.2 Å². The van der Waals surface area contributed by atoms with Gasteiger partial charge in [0.15, 0.2) is 0 Å². The molecule has 0 saturated carbocycles. The number of halogens is 2. The minimum Gasteiger partial charge on any atom is -0.444 e. The molecule has 2 fully saturated rings. The minimum atomic E-state index is -1.39. The number of hydrogen-bond donors (Lipinski definition) is 0. The molecule has 0 aliphatic carbocycles. The lowest BCUT2D eigenvalue weighted by molar-refractivity contribution is -0.151. The van der Waals surface area contributed by atoms with E-state index in [-0.39, 0.29) is 44.2 Å². The molecule has 7 nitrogen and oxygen atoms in total. The Kier molecular flexibility index (Phi) is 6.72. The molecule has 1 unspecified atom stereocenters. The van der Waals surface area contributed by atoms with Gasteiger partial charge in [-0.15, -0.1) is 6.42 Å². The average molecular weight is 512 g/mol. The molecule has 0 aromatic heterocycles. The van der Waals surface area contributed by atoms with Crippen molar-refractivity contribution in [3.8, 4) is 12.3 Å². The summed E-state index contributed by atoms with van der Waals surface area (Å²) in [6.45, 7) is 5.19. The van der Waals surface area contributed by atoms with Crippen LogP contribution in [0.25, 0.3) is 0 Å². The highest BCUT2D eigenvalue weighted by Gasteiger charge is 2.57. The van der Waals surface area contributed by atoms with Crippen LogP contribution >= 0.6 is 11.6 Å². The molecule has 9 heteroatoms. The molecule has 0 bridgehead atoms. The zero-order chi connectivity index (χ0) is 26.3. The zero-order valence-electron chi connectivity index (χ0n) is 20.4. The monoisotopic (exact) mass is 511 g/mol. The van der Waals surface area contributed by atoms with Crippen LogP contribution in [0.1, 0.15) is 38.3 Å². The van der Waals surface area contributed by atoms with Crippen molar-refractivity contribution in [2.75, 3.05) is 24.5 Å². The third-order valence-corrected chi connectivity index (χ3v) is 6.56. The molecule has 2 heterocycles. The maximum atomic E-state index is 15.0. The molecule has 3 amide bonds. The molecule has 2 aliphatic rings. The van der Waals surface area contributed by atoms with E-state index in [2.05, 4.69) is 5.92 Å². The van der Waals surface area contributed by atoms with E-state index in [1.54, 1.807) is 45.0 Å². The first-order chi connectivity index (χ1) is 16.9. The molecular formula is C27H27ClFN3O4. The van der Waals surface area contributed by atoms with Crippen molar-refractivity contribution in [3.63, 3.8) is 0 Å². The molecule has 188 valence electrons. The highest BCUT2D eigenvalue weighted by Crippen LogP contribution is 2.38. The van der Waals surface area contributed by atoms with E-state index in [4.69, 9.17) is 22.8 Å². The molecule has 0 radical (unpaired) electrons. The van der Waals surface area contributed by atoms with Crippen LogP contribution < -0.4 is 4.90 Å². The third-order valence-electron chi connectivity index (χ3n) is 6.31.